The summed E-state index contributed by atoms with van der Waals surface area (Å²) in [5.74, 6) is 0.814. The lowest BCUT2D eigenvalue weighted by atomic mass is 10.1. The third kappa shape index (κ3) is 3.87. The van der Waals surface area contributed by atoms with Crippen LogP contribution < -0.4 is 5.32 Å². The lowest BCUT2D eigenvalue weighted by Gasteiger charge is -2.05. The number of halogens is 1. The van der Waals surface area contributed by atoms with Crippen molar-refractivity contribution in [1.82, 2.24) is 15.5 Å². The van der Waals surface area contributed by atoms with E-state index in [0.717, 1.165) is 30.5 Å². The third-order valence-electron chi connectivity index (χ3n) is 3.01. The van der Waals surface area contributed by atoms with Crippen LogP contribution in [0.25, 0.3) is 11.5 Å². The van der Waals surface area contributed by atoms with Crippen LogP contribution >= 0.6 is 0 Å². The van der Waals surface area contributed by atoms with Gasteiger partial charge in [-0.1, -0.05) is 13.8 Å². The topological polar surface area (TPSA) is 51.0 Å². The lowest BCUT2D eigenvalue weighted by Crippen LogP contribution is -2.23. The Morgan fingerprint density at radius 1 is 1.30 bits per heavy atom. The van der Waals surface area contributed by atoms with E-state index in [1.807, 2.05) is 6.92 Å². The van der Waals surface area contributed by atoms with Crippen LogP contribution in [0.5, 0.6) is 0 Å². The van der Waals surface area contributed by atoms with Crippen molar-refractivity contribution in [2.45, 2.75) is 39.7 Å². The second-order valence-electron chi connectivity index (χ2n) is 5.17. The molecule has 1 N–H and O–H groups in total. The van der Waals surface area contributed by atoms with Crippen LogP contribution in [0.15, 0.2) is 22.6 Å². The standard InChI is InChI=1S/C15H20FN3O/c1-10(2)17-8-4-5-14-18-19-15(20-14)13-7-6-12(16)9-11(13)3/h6-7,9-10,17H,4-5,8H2,1-3H3. The normalized spacial score (nSPS) is 11.2. The molecule has 4 nitrogen and oxygen atoms in total. The zero-order valence-electron chi connectivity index (χ0n) is 12.1. The molecule has 0 bridgehead atoms. The zero-order chi connectivity index (χ0) is 14.5. The van der Waals surface area contributed by atoms with Crippen LogP contribution in [0.4, 0.5) is 4.39 Å². The van der Waals surface area contributed by atoms with Crippen molar-refractivity contribution in [3.8, 4) is 11.5 Å². The molecule has 2 rings (SSSR count). The van der Waals surface area contributed by atoms with Gasteiger partial charge in [-0.3, -0.25) is 0 Å². The smallest absolute Gasteiger partial charge is 0.248 e. The van der Waals surface area contributed by atoms with Gasteiger partial charge in [-0.2, -0.15) is 0 Å². The molecule has 2 aromatic rings. The molecule has 0 atom stereocenters. The Balaban J connectivity index is 1.98. The van der Waals surface area contributed by atoms with E-state index in [9.17, 15) is 4.39 Å². The first-order chi connectivity index (χ1) is 9.56. The predicted octanol–water partition coefficient (Wildman–Crippen LogP) is 3.11. The molecule has 1 aromatic carbocycles. The van der Waals surface area contributed by atoms with E-state index in [1.165, 1.54) is 12.1 Å². The number of hydrogen-bond acceptors (Lipinski definition) is 4. The average molecular weight is 277 g/mol. The van der Waals surface area contributed by atoms with Gasteiger partial charge in [0.15, 0.2) is 0 Å². The molecule has 1 heterocycles. The summed E-state index contributed by atoms with van der Waals surface area (Å²) in [4.78, 5) is 0. The maximum absolute atomic E-state index is 13.1. The highest BCUT2D eigenvalue weighted by atomic mass is 19.1. The largest absolute Gasteiger partial charge is 0.421 e. The van der Waals surface area contributed by atoms with Gasteiger partial charge in [0.05, 0.1) is 0 Å². The molecule has 0 saturated heterocycles. The van der Waals surface area contributed by atoms with E-state index in [-0.39, 0.29) is 5.82 Å². The van der Waals surface area contributed by atoms with Gasteiger partial charge in [-0.15, -0.1) is 10.2 Å². The fourth-order valence-electron chi connectivity index (χ4n) is 1.96. The molecule has 0 spiro atoms. The van der Waals surface area contributed by atoms with Gasteiger partial charge < -0.3 is 9.73 Å². The Hall–Kier alpha value is -1.75. The minimum atomic E-state index is -0.259. The molecule has 0 aliphatic rings. The predicted molar refractivity (Wildman–Crippen MR) is 75.9 cm³/mol. The second-order valence-corrected chi connectivity index (χ2v) is 5.17. The van der Waals surface area contributed by atoms with Crippen LogP contribution in [0.2, 0.25) is 0 Å². The van der Waals surface area contributed by atoms with E-state index in [1.54, 1.807) is 6.07 Å². The zero-order valence-corrected chi connectivity index (χ0v) is 12.1. The Labute approximate surface area is 118 Å². The number of aromatic nitrogens is 2. The van der Waals surface area contributed by atoms with Gasteiger partial charge in [-0.05, 0) is 43.7 Å². The van der Waals surface area contributed by atoms with Gasteiger partial charge in [0.1, 0.15) is 5.82 Å². The van der Waals surface area contributed by atoms with Crippen LogP contribution in [0.1, 0.15) is 31.7 Å². The van der Waals surface area contributed by atoms with Crippen molar-refractivity contribution < 1.29 is 8.81 Å². The Morgan fingerprint density at radius 3 is 2.80 bits per heavy atom. The van der Waals surface area contributed by atoms with E-state index in [0.29, 0.717) is 17.8 Å². The summed E-state index contributed by atoms with van der Waals surface area (Å²) >= 11 is 0. The van der Waals surface area contributed by atoms with Crippen LogP contribution in [-0.2, 0) is 6.42 Å². The summed E-state index contributed by atoms with van der Waals surface area (Å²) in [6.45, 7) is 6.98. The van der Waals surface area contributed by atoms with Crippen molar-refractivity contribution in [2.24, 2.45) is 0 Å². The van der Waals surface area contributed by atoms with Crippen LogP contribution in [0, 0.1) is 12.7 Å². The first kappa shape index (κ1) is 14.7. The lowest BCUT2D eigenvalue weighted by molar-refractivity contribution is 0.483. The number of hydrogen-bond donors (Lipinski definition) is 1. The maximum atomic E-state index is 13.1. The third-order valence-corrected chi connectivity index (χ3v) is 3.01. The first-order valence-corrected chi connectivity index (χ1v) is 6.88. The van der Waals surface area contributed by atoms with Gasteiger partial charge in [0.2, 0.25) is 11.8 Å². The number of rotatable bonds is 6. The highest BCUT2D eigenvalue weighted by Gasteiger charge is 2.11. The van der Waals surface area contributed by atoms with E-state index >= 15 is 0 Å². The monoisotopic (exact) mass is 277 g/mol. The molecule has 108 valence electrons. The van der Waals surface area contributed by atoms with Crippen molar-refractivity contribution in [3.63, 3.8) is 0 Å². The molecule has 0 unspecified atom stereocenters. The van der Waals surface area contributed by atoms with Gasteiger partial charge in [-0.25, -0.2) is 4.39 Å². The fraction of sp³-hybridized carbons (Fsp3) is 0.467. The molecule has 0 saturated carbocycles. The number of aryl methyl sites for hydroxylation is 2. The van der Waals surface area contributed by atoms with Crippen LogP contribution in [0.3, 0.4) is 0 Å². The first-order valence-electron chi connectivity index (χ1n) is 6.88. The maximum Gasteiger partial charge on any atom is 0.248 e. The van der Waals surface area contributed by atoms with Crippen LogP contribution in [-0.4, -0.2) is 22.8 Å². The molecule has 0 amide bonds. The Bertz CT molecular complexity index is 566. The number of nitrogens with one attached hydrogen (secondary N) is 1. The minimum Gasteiger partial charge on any atom is -0.421 e. The SMILES string of the molecule is Cc1cc(F)ccc1-c1nnc(CCCNC(C)C)o1. The molecule has 0 radical (unpaired) electrons. The fourth-order valence-corrected chi connectivity index (χ4v) is 1.96. The summed E-state index contributed by atoms with van der Waals surface area (Å²) in [5, 5.41) is 11.4. The summed E-state index contributed by atoms with van der Waals surface area (Å²) in [5.41, 5.74) is 1.58. The summed E-state index contributed by atoms with van der Waals surface area (Å²) < 4.78 is 18.7. The van der Waals surface area contributed by atoms with Gasteiger partial charge >= 0.3 is 0 Å². The summed E-state index contributed by atoms with van der Waals surface area (Å²) in [6, 6.07) is 5.02. The van der Waals surface area contributed by atoms with E-state index in [2.05, 4.69) is 29.4 Å². The molecular formula is C15H20FN3O. The Kier molecular flexibility index (Phi) is 4.84. The molecule has 20 heavy (non-hydrogen) atoms. The van der Waals surface area contributed by atoms with E-state index < -0.39 is 0 Å². The quantitative estimate of drug-likeness (QED) is 0.824. The molecule has 1 aromatic heterocycles. The molecule has 0 aliphatic carbocycles. The number of nitrogens with zero attached hydrogens (tertiary/aromatic N) is 2. The summed E-state index contributed by atoms with van der Waals surface area (Å²) in [6.07, 6.45) is 1.69. The second kappa shape index (κ2) is 6.61. The highest BCUT2D eigenvalue weighted by Crippen LogP contribution is 2.22. The Morgan fingerprint density at radius 2 is 2.10 bits per heavy atom. The van der Waals surface area contributed by atoms with Crippen molar-refractivity contribution in [1.29, 1.82) is 0 Å². The van der Waals surface area contributed by atoms with Crippen molar-refractivity contribution in [2.75, 3.05) is 6.54 Å². The minimum absolute atomic E-state index is 0.259. The average Bonchev–Trinajstić information content (AvgIpc) is 2.83. The molecular weight excluding hydrogens is 257 g/mol. The van der Waals surface area contributed by atoms with Gasteiger partial charge in [0.25, 0.3) is 0 Å². The van der Waals surface area contributed by atoms with E-state index in [4.69, 9.17) is 4.42 Å². The molecule has 0 fully saturated rings. The van der Waals surface area contributed by atoms with Crippen molar-refractivity contribution >= 4 is 0 Å². The van der Waals surface area contributed by atoms with Gasteiger partial charge in [0, 0.05) is 18.0 Å². The van der Waals surface area contributed by atoms with Crippen molar-refractivity contribution in [3.05, 3.63) is 35.5 Å². The molecule has 5 heteroatoms. The highest BCUT2D eigenvalue weighted by molar-refractivity contribution is 5.57. The summed E-state index contributed by atoms with van der Waals surface area (Å²) in [7, 11) is 0. The molecule has 0 aliphatic heterocycles. The number of benzene rings is 1.